The molecule has 1 heterocycles. The first kappa shape index (κ1) is 14.7. The third-order valence-corrected chi connectivity index (χ3v) is 3.52. The molecule has 20 heavy (non-hydrogen) atoms. The lowest BCUT2D eigenvalue weighted by atomic mass is 10.1. The van der Waals surface area contributed by atoms with Crippen molar-refractivity contribution in [3.05, 3.63) is 52.6 Å². The van der Waals surface area contributed by atoms with Gasteiger partial charge in [0.25, 0.3) is 0 Å². The minimum atomic E-state index is -0.332. The number of thiocarbonyl (C=S) groups is 1. The summed E-state index contributed by atoms with van der Waals surface area (Å²) in [6, 6.07) is 6.63. The molecular weight excluding hydrogens is 273 g/mol. The lowest BCUT2D eigenvalue weighted by Gasteiger charge is -2.10. The Labute approximate surface area is 123 Å². The Morgan fingerprint density at radius 1 is 1.30 bits per heavy atom. The molecule has 0 unspecified atom stereocenters. The van der Waals surface area contributed by atoms with Crippen LogP contribution in [0, 0.1) is 5.82 Å². The Bertz CT molecular complexity index is 634. The van der Waals surface area contributed by atoms with Crippen molar-refractivity contribution in [2.45, 2.75) is 33.2 Å². The number of aromatic nitrogens is 2. The Kier molecular flexibility index (Phi) is 4.49. The molecule has 0 bridgehead atoms. The van der Waals surface area contributed by atoms with Gasteiger partial charge in [0, 0.05) is 11.3 Å². The molecule has 2 N–H and O–H groups in total. The molecule has 1 aromatic carbocycles. The lowest BCUT2D eigenvalue weighted by molar-refractivity contribution is 0.619. The highest BCUT2D eigenvalue weighted by molar-refractivity contribution is 7.80. The van der Waals surface area contributed by atoms with Crippen LogP contribution in [-0.2, 0) is 19.4 Å². The summed E-state index contributed by atoms with van der Waals surface area (Å²) in [5.41, 5.74) is 9.35. The Hall–Kier alpha value is -1.75. The number of nitrogens with two attached hydrogens (primary N) is 1. The first-order chi connectivity index (χ1) is 9.55. The maximum absolute atomic E-state index is 13.3. The first-order valence-electron chi connectivity index (χ1n) is 6.69. The number of rotatable bonds is 5. The van der Waals surface area contributed by atoms with E-state index >= 15 is 0 Å². The van der Waals surface area contributed by atoms with E-state index in [0.717, 1.165) is 29.8 Å². The van der Waals surface area contributed by atoms with Gasteiger partial charge >= 0.3 is 0 Å². The van der Waals surface area contributed by atoms with Crippen LogP contribution in [0.5, 0.6) is 0 Å². The van der Waals surface area contributed by atoms with Crippen molar-refractivity contribution in [2.24, 2.45) is 5.73 Å². The lowest BCUT2D eigenvalue weighted by Crippen LogP contribution is -2.15. The third kappa shape index (κ3) is 3.04. The van der Waals surface area contributed by atoms with Gasteiger partial charge in [0.15, 0.2) is 0 Å². The molecule has 106 valence electrons. The van der Waals surface area contributed by atoms with Gasteiger partial charge in [-0.05, 0) is 36.6 Å². The summed E-state index contributed by atoms with van der Waals surface area (Å²) in [6.45, 7) is 4.71. The minimum absolute atomic E-state index is 0.209. The zero-order valence-electron chi connectivity index (χ0n) is 11.7. The fourth-order valence-electron chi connectivity index (χ4n) is 2.19. The summed E-state index contributed by atoms with van der Waals surface area (Å²) in [5.74, 6) is -0.332. The smallest absolute Gasteiger partial charge is 0.123 e. The zero-order chi connectivity index (χ0) is 14.7. The van der Waals surface area contributed by atoms with Crippen LogP contribution in [0.3, 0.4) is 0 Å². The summed E-state index contributed by atoms with van der Waals surface area (Å²) < 4.78 is 15.3. The van der Waals surface area contributed by atoms with Crippen LogP contribution in [0.1, 0.15) is 36.4 Å². The molecule has 0 spiro atoms. The molecule has 0 saturated carbocycles. The molecular formula is C15H18FN3S. The molecule has 1 aromatic heterocycles. The van der Waals surface area contributed by atoms with Crippen LogP contribution < -0.4 is 5.73 Å². The number of aryl methyl sites for hydroxylation is 2. The third-order valence-electron chi connectivity index (χ3n) is 3.30. The van der Waals surface area contributed by atoms with Gasteiger partial charge in [0.1, 0.15) is 10.8 Å². The van der Waals surface area contributed by atoms with E-state index in [1.807, 2.05) is 4.68 Å². The molecule has 0 aliphatic heterocycles. The minimum Gasteiger partial charge on any atom is -0.389 e. The summed E-state index contributed by atoms with van der Waals surface area (Å²) in [5, 5.41) is 4.56. The molecule has 0 amide bonds. The van der Waals surface area contributed by atoms with Crippen LogP contribution in [0.4, 0.5) is 4.39 Å². The number of halogens is 1. The standard InChI is InChI=1S/C15H18FN3S/c1-3-12-8-13(4-2)19(18-12)9-10-5-6-11(16)7-14(10)15(17)20/h5-8H,3-4,9H2,1-2H3,(H2,17,20). The maximum Gasteiger partial charge on any atom is 0.123 e. The quantitative estimate of drug-likeness (QED) is 0.862. The van der Waals surface area contributed by atoms with Gasteiger partial charge in [-0.2, -0.15) is 5.10 Å². The van der Waals surface area contributed by atoms with Gasteiger partial charge in [-0.3, -0.25) is 4.68 Å². The highest BCUT2D eigenvalue weighted by Crippen LogP contribution is 2.15. The van der Waals surface area contributed by atoms with Crippen molar-refractivity contribution < 1.29 is 4.39 Å². The number of hydrogen-bond donors (Lipinski definition) is 1. The molecule has 0 fully saturated rings. The number of hydrogen-bond acceptors (Lipinski definition) is 2. The molecule has 3 nitrogen and oxygen atoms in total. The van der Waals surface area contributed by atoms with E-state index in [-0.39, 0.29) is 10.8 Å². The molecule has 2 rings (SSSR count). The van der Waals surface area contributed by atoms with Crippen LogP contribution in [0.15, 0.2) is 24.3 Å². The second-order valence-electron chi connectivity index (χ2n) is 4.66. The van der Waals surface area contributed by atoms with E-state index in [4.69, 9.17) is 18.0 Å². The fourth-order valence-corrected chi connectivity index (χ4v) is 2.38. The van der Waals surface area contributed by atoms with E-state index in [2.05, 4.69) is 25.0 Å². The van der Waals surface area contributed by atoms with Crippen LogP contribution in [0.2, 0.25) is 0 Å². The molecule has 2 aromatic rings. The summed E-state index contributed by atoms with van der Waals surface area (Å²) in [4.78, 5) is 0.209. The summed E-state index contributed by atoms with van der Waals surface area (Å²) in [7, 11) is 0. The second kappa shape index (κ2) is 6.13. The van der Waals surface area contributed by atoms with Crippen molar-refractivity contribution in [2.75, 3.05) is 0 Å². The van der Waals surface area contributed by atoms with Gasteiger partial charge in [-0.15, -0.1) is 0 Å². The molecule has 0 saturated heterocycles. The van der Waals surface area contributed by atoms with Crippen molar-refractivity contribution in [3.8, 4) is 0 Å². The van der Waals surface area contributed by atoms with Crippen molar-refractivity contribution in [1.29, 1.82) is 0 Å². The topological polar surface area (TPSA) is 43.8 Å². The predicted molar refractivity (Wildman–Crippen MR) is 82.4 cm³/mol. The van der Waals surface area contributed by atoms with E-state index in [0.29, 0.717) is 12.1 Å². The molecule has 0 atom stereocenters. The van der Waals surface area contributed by atoms with Crippen molar-refractivity contribution >= 4 is 17.2 Å². The van der Waals surface area contributed by atoms with Gasteiger partial charge in [-0.1, -0.05) is 32.1 Å². The van der Waals surface area contributed by atoms with Gasteiger partial charge in [-0.25, -0.2) is 4.39 Å². The summed E-state index contributed by atoms with van der Waals surface area (Å²) >= 11 is 5.00. The SMILES string of the molecule is CCc1cc(CC)n(Cc2ccc(F)cc2C(N)=S)n1. The molecule has 0 aliphatic carbocycles. The average molecular weight is 291 g/mol. The largest absolute Gasteiger partial charge is 0.389 e. The molecule has 5 heteroatoms. The van der Waals surface area contributed by atoms with E-state index in [1.165, 1.54) is 12.1 Å². The van der Waals surface area contributed by atoms with Crippen LogP contribution in [0.25, 0.3) is 0 Å². The van der Waals surface area contributed by atoms with E-state index in [1.54, 1.807) is 6.07 Å². The van der Waals surface area contributed by atoms with Crippen LogP contribution in [-0.4, -0.2) is 14.8 Å². The average Bonchev–Trinajstić information content (AvgIpc) is 2.82. The second-order valence-corrected chi connectivity index (χ2v) is 5.10. The molecule has 0 aliphatic rings. The molecule has 0 radical (unpaired) electrons. The monoisotopic (exact) mass is 291 g/mol. The Balaban J connectivity index is 2.39. The highest BCUT2D eigenvalue weighted by Gasteiger charge is 2.11. The summed E-state index contributed by atoms with van der Waals surface area (Å²) in [6.07, 6.45) is 1.79. The van der Waals surface area contributed by atoms with Gasteiger partial charge < -0.3 is 5.73 Å². The van der Waals surface area contributed by atoms with Gasteiger partial charge in [0.2, 0.25) is 0 Å². The number of nitrogens with zero attached hydrogens (tertiary/aromatic N) is 2. The number of benzene rings is 1. The Morgan fingerprint density at radius 3 is 2.65 bits per heavy atom. The van der Waals surface area contributed by atoms with Crippen LogP contribution >= 0.6 is 12.2 Å². The van der Waals surface area contributed by atoms with E-state index in [9.17, 15) is 4.39 Å². The highest BCUT2D eigenvalue weighted by atomic mass is 32.1. The predicted octanol–water partition coefficient (Wildman–Crippen LogP) is 2.83. The van der Waals surface area contributed by atoms with Crippen molar-refractivity contribution in [1.82, 2.24) is 9.78 Å². The first-order valence-corrected chi connectivity index (χ1v) is 7.09. The zero-order valence-corrected chi connectivity index (χ0v) is 12.5. The van der Waals surface area contributed by atoms with Gasteiger partial charge in [0.05, 0.1) is 12.2 Å². The fraction of sp³-hybridized carbons (Fsp3) is 0.333. The Morgan fingerprint density at radius 2 is 2.05 bits per heavy atom. The van der Waals surface area contributed by atoms with Crippen molar-refractivity contribution in [3.63, 3.8) is 0 Å². The maximum atomic E-state index is 13.3. The normalized spacial score (nSPS) is 10.8. The van der Waals surface area contributed by atoms with E-state index < -0.39 is 0 Å².